The van der Waals surface area contributed by atoms with Crippen LogP contribution >= 0.6 is 11.3 Å². The van der Waals surface area contributed by atoms with Crippen LogP contribution < -0.4 is 20.5 Å². The molecule has 0 bridgehead atoms. The largest absolute Gasteiger partial charge is 0.508 e. The Morgan fingerprint density at radius 2 is 1.75 bits per heavy atom. The van der Waals surface area contributed by atoms with Crippen LogP contribution in [0.3, 0.4) is 0 Å². The van der Waals surface area contributed by atoms with Gasteiger partial charge in [-0.15, -0.1) is 11.3 Å². The van der Waals surface area contributed by atoms with Crippen LogP contribution in [0.4, 0.5) is 0 Å². The fourth-order valence-electron chi connectivity index (χ4n) is 3.58. The van der Waals surface area contributed by atoms with Gasteiger partial charge in [-0.1, -0.05) is 24.3 Å². The van der Waals surface area contributed by atoms with Crippen LogP contribution in [0.15, 0.2) is 58.9 Å². The molecule has 0 aliphatic carbocycles. The highest BCUT2D eigenvalue weighted by atomic mass is 32.1. The molecule has 2 aromatic carbocycles. The standard InChI is InChI=1S/C23H17N3O5S/c1-31-23(30)19-18(13-4-8-15(28)9-5-13)16(11-24)20(25)26-21(29)17(32-22(19)26)10-12-2-6-14(27)7-3-12/h2-10,18,27-28H,25H2,1H3. The molecule has 1 aromatic heterocycles. The molecule has 4 rings (SSSR count). The number of nitrogens with zero attached hydrogens (tertiary/aromatic N) is 2. The monoisotopic (exact) mass is 447 g/mol. The number of hydrogen-bond donors (Lipinski definition) is 3. The van der Waals surface area contributed by atoms with Crippen LogP contribution in [0.25, 0.3) is 17.5 Å². The first kappa shape index (κ1) is 21.0. The van der Waals surface area contributed by atoms with E-state index in [1.54, 1.807) is 30.3 Å². The number of aromatic hydroxyl groups is 2. The first-order valence-electron chi connectivity index (χ1n) is 9.40. The summed E-state index contributed by atoms with van der Waals surface area (Å²) in [4.78, 5) is 26.0. The maximum Gasteiger partial charge on any atom is 0.337 e. The van der Waals surface area contributed by atoms with Gasteiger partial charge in [-0.05, 0) is 41.5 Å². The van der Waals surface area contributed by atoms with Crippen molar-refractivity contribution < 1.29 is 19.7 Å². The Labute approximate surface area is 185 Å². The van der Waals surface area contributed by atoms with E-state index in [4.69, 9.17) is 10.5 Å². The number of thiazole rings is 1. The molecule has 2 heterocycles. The van der Waals surface area contributed by atoms with E-state index in [9.17, 15) is 25.1 Å². The number of nitrogens with two attached hydrogens (primary N) is 1. The van der Waals surface area contributed by atoms with Gasteiger partial charge in [0, 0.05) is 0 Å². The van der Waals surface area contributed by atoms with Gasteiger partial charge in [-0.3, -0.25) is 9.36 Å². The number of esters is 1. The third kappa shape index (κ3) is 3.42. The van der Waals surface area contributed by atoms with E-state index in [0.717, 1.165) is 15.9 Å². The van der Waals surface area contributed by atoms with Crippen LogP contribution in [0.1, 0.15) is 17.0 Å². The fourth-order valence-corrected chi connectivity index (χ4v) is 4.74. The number of methoxy groups -OCH3 is 1. The van der Waals surface area contributed by atoms with Gasteiger partial charge in [-0.25, -0.2) is 4.79 Å². The molecule has 1 aliphatic rings. The summed E-state index contributed by atoms with van der Waals surface area (Å²) < 4.78 is 6.69. The summed E-state index contributed by atoms with van der Waals surface area (Å²) in [6, 6.07) is 14.3. The molecule has 1 atom stereocenters. The summed E-state index contributed by atoms with van der Waals surface area (Å²) in [5.41, 5.74) is 7.12. The average molecular weight is 447 g/mol. The number of hydrogen-bond acceptors (Lipinski definition) is 8. The topological polar surface area (TPSA) is 139 Å². The van der Waals surface area contributed by atoms with Crippen LogP contribution in [0, 0.1) is 11.3 Å². The predicted octanol–water partition coefficient (Wildman–Crippen LogP) is 0.922. The maximum absolute atomic E-state index is 13.2. The van der Waals surface area contributed by atoms with Crippen molar-refractivity contribution in [2.24, 2.45) is 5.73 Å². The molecule has 1 aliphatic heterocycles. The summed E-state index contributed by atoms with van der Waals surface area (Å²) in [6.45, 7) is 0. The minimum atomic E-state index is -0.868. The van der Waals surface area contributed by atoms with E-state index in [1.807, 2.05) is 6.07 Å². The van der Waals surface area contributed by atoms with Crippen molar-refractivity contribution >= 4 is 34.8 Å². The number of ether oxygens (including phenoxy) is 1. The van der Waals surface area contributed by atoms with Crippen LogP contribution in [-0.2, 0) is 9.53 Å². The molecule has 8 nitrogen and oxygen atoms in total. The Balaban J connectivity index is 2.08. The molecule has 32 heavy (non-hydrogen) atoms. The van der Waals surface area contributed by atoms with Crippen LogP contribution in [0.2, 0.25) is 0 Å². The minimum absolute atomic E-state index is 0.0263. The zero-order chi connectivity index (χ0) is 23.0. The average Bonchev–Trinajstić information content (AvgIpc) is 3.11. The van der Waals surface area contributed by atoms with Crippen molar-refractivity contribution in [1.29, 1.82) is 5.26 Å². The van der Waals surface area contributed by atoms with Crippen molar-refractivity contribution in [2.45, 2.75) is 5.92 Å². The molecule has 160 valence electrons. The molecule has 1 unspecified atom stereocenters. The number of rotatable bonds is 3. The molecule has 0 fully saturated rings. The van der Waals surface area contributed by atoms with Crippen molar-refractivity contribution in [3.05, 3.63) is 84.8 Å². The van der Waals surface area contributed by atoms with E-state index < -0.39 is 17.4 Å². The molecule has 4 N–H and O–H groups in total. The van der Waals surface area contributed by atoms with Crippen LogP contribution in [0.5, 0.6) is 11.5 Å². The summed E-state index contributed by atoms with van der Waals surface area (Å²) >= 11 is 1.05. The van der Waals surface area contributed by atoms with Crippen molar-refractivity contribution in [3.63, 3.8) is 0 Å². The SMILES string of the molecule is COC(=O)C1=c2sc(=Cc3ccc(O)cc3)c(=O)n2C(N)=C(C#N)C1c1ccc(O)cc1. The van der Waals surface area contributed by atoms with Gasteiger partial charge in [0.1, 0.15) is 22.0 Å². The highest BCUT2D eigenvalue weighted by Crippen LogP contribution is 2.37. The second-order valence-electron chi connectivity index (χ2n) is 6.99. The van der Waals surface area contributed by atoms with Gasteiger partial charge in [0.2, 0.25) is 0 Å². The van der Waals surface area contributed by atoms with Crippen molar-refractivity contribution in [1.82, 2.24) is 4.57 Å². The van der Waals surface area contributed by atoms with E-state index in [1.165, 1.54) is 31.4 Å². The Morgan fingerprint density at radius 1 is 1.16 bits per heavy atom. The number of benzene rings is 2. The number of allylic oxidation sites excluding steroid dienone is 1. The summed E-state index contributed by atoms with van der Waals surface area (Å²) in [5.74, 6) is -1.52. The third-order valence-electron chi connectivity index (χ3n) is 5.09. The second kappa shape index (κ2) is 8.09. The number of phenolic OH excluding ortho intramolecular Hbond substituents is 2. The quantitative estimate of drug-likeness (QED) is 0.508. The van der Waals surface area contributed by atoms with Gasteiger partial charge >= 0.3 is 5.97 Å². The van der Waals surface area contributed by atoms with E-state index >= 15 is 0 Å². The smallest absolute Gasteiger partial charge is 0.337 e. The summed E-state index contributed by atoms with van der Waals surface area (Å²) in [5, 5.41) is 29.0. The Hall–Kier alpha value is -4.29. The molecule has 0 saturated heterocycles. The highest BCUT2D eigenvalue weighted by Gasteiger charge is 2.36. The number of phenols is 2. The van der Waals surface area contributed by atoms with Crippen LogP contribution in [-0.4, -0.2) is 27.9 Å². The zero-order valence-electron chi connectivity index (χ0n) is 16.8. The molecular formula is C23H17N3O5S. The van der Waals surface area contributed by atoms with Gasteiger partial charge in [-0.2, -0.15) is 5.26 Å². The van der Waals surface area contributed by atoms with Gasteiger partial charge < -0.3 is 20.7 Å². The Morgan fingerprint density at radius 3 is 2.31 bits per heavy atom. The Kier molecular flexibility index (Phi) is 5.30. The lowest BCUT2D eigenvalue weighted by Crippen LogP contribution is -2.40. The maximum atomic E-state index is 13.2. The lowest BCUT2D eigenvalue weighted by atomic mass is 9.84. The summed E-state index contributed by atoms with van der Waals surface area (Å²) in [6.07, 6.45) is 1.61. The predicted molar refractivity (Wildman–Crippen MR) is 119 cm³/mol. The highest BCUT2D eigenvalue weighted by molar-refractivity contribution is 7.07. The van der Waals surface area contributed by atoms with Crippen molar-refractivity contribution in [2.75, 3.05) is 7.11 Å². The fraction of sp³-hybridized carbons (Fsp3) is 0.0870. The number of fused-ring (bicyclic) bond motifs is 1. The van der Waals surface area contributed by atoms with Crippen molar-refractivity contribution in [3.8, 4) is 17.6 Å². The second-order valence-corrected chi connectivity index (χ2v) is 8.02. The number of nitriles is 1. The van der Waals surface area contributed by atoms with Gasteiger partial charge in [0.05, 0.1) is 34.8 Å². The zero-order valence-corrected chi connectivity index (χ0v) is 17.6. The number of carbonyl (C=O) groups excluding carboxylic acids is 1. The van der Waals surface area contributed by atoms with E-state index in [0.29, 0.717) is 15.7 Å². The van der Waals surface area contributed by atoms with Gasteiger partial charge in [0.15, 0.2) is 0 Å². The molecule has 0 amide bonds. The minimum Gasteiger partial charge on any atom is -0.508 e. The van der Waals surface area contributed by atoms with Gasteiger partial charge in [0.25, 0.3) is 5.56 Å². The molecule has 0 radical (unpaired) electrons. The number of aromatic nitrogens is 1. The third-order valence-corrected chi connectivity index (χ3v) is 6.20. The van der Waals surface area contributed by atoms with E-state index in [2.05, 4.69) is 0 Å². The molecule has 0 spiro atoms. The molecule has 0 saturated carbocycles. The normalized spacial score (nSPS) is 15.9. The number of carbonyl (C=O) groups is 1. The first-order valence-corrected chi connectivity index (χ1v) is 10.2. The van der Waals surface area contributed by atoms with E-state index in [-0.39, 0.29) is 33.1 Å². The molecule has 9 heteroatoms. The molecule has 3 aromatic rings. The first-order chi connectivity index (χ1) is 15.3. The lowest BCUT2D eigenvalue weighted by Gasteiger charge is -2.24. The Bertz CT molecular complexity index is 1470. The lowest BCUT2D eigenvalue weighted by molar-refractivity contribution is -0.134. The molecular weight excluding hydrogens is 430 g/mol. The summed E-state index contributed by atoms with van der Waals surface area (Å²) in [7, 11) is 1.22.